The standard InChI is InChI=1S/C24H22N2O2/c1-17-7-5-6-10-21(17)23(27)25-16-18-11-12-19-13-14-26(22(19)15-18)24(28)20-8-3-2-4-9-20/h2-12,15H,13-14,16H2,1H3,(H,25,27). The normalized spacial score (nSPS) is 12.5. The lowest BCUT2D eigenvalue weighted by Crippen LogP contribution is -2.29. The van der Waals surface area contributed by atoms with Crippen LogP contribution in [0.3, 0.4) is 0 Å². The van der Waals surface area contributed by atoms with E-state index in [0.29, 0.717) is 24.2 Å². The second-order valence-electron chi connectivity index (χ2n) is 7.03. The van der Waals surface area contributed by atoms with Crippen molar-refractivity contribution in [2.75, 3.05) is 11.4 Å². The molecule has 0 aliphatic carbocycles. The molecule has 0 aromatic heterocycles. The third-order valence-electron chi connectivity index (χ3n) is 5.15. The van der Waals surface area contributed by atoms with Crippen LogP contribution in [0.25, 0.3) is 0 Å². The molecular weight excluding hydrogens is 348 g/mol. The van der Waals surface area contributed by atoms with Crippen molar-refractivity contribution in [1.82, 2.24) is 5.32 Å². The largest absolute Gasteiger partial charge is 0.348 e. The summed E-state index contributed by atoms with van der Waals surface area (Å²) in [7, 11) is 0. The van der Waals surface area contributed by atoms with Gasteiger partial charge >= 0.3 is 0 Å². The molecular formula is C24H22N2O2. The van der Waals surface area contributed by atoms with E-state index in [2.05, 4.69) is 11.4 Å². The summed E-state index contributed by atoms with van der Waals surface area (Å²) in [4.78, 5) is 27.2. The highest BCUT2D eigenvalue weighted by atomic mass is 16.2. The summed E-state index contributed by atoms with van der Waals surface area (Å²) >= 11 is 0. The molecule has 1 aliphatic rings. The lowest BCUT2D eigenvalue weighted by molar-refractivity contribution is 0.0948. The number of hydrogen-bond donors (Lipinski definition) is 1. The van der Waals surface area contributed by atoms with E-state index in [-0.39, 0.29) is 11.8 Å². The Morgan fingerprint density at radius 1 is 0.964 bits per heavy atom. The van der Waals surface area contributed by atoms with Crippen LogP contribution in [0.1, 0.15) is 37.4 Å². The van der Waals surface area contributed by atoms with Crippen molar-refractivity contribution in [2.45, 2.75) is 19.9 Å². The van der Waals surface area contributed by atoms with Gasteiger partial charge in [0.1, 0.15) is 0 Å². The average molecular weight is 370 g/mol. The minimum atomic E-state index is -0.0872. The quantitative estimate of drug-likeness (QED) is 0.751. The third-order valence-corrected chi connectivity index (χ3v) is 5.15. The zero-order valence-corrected chi connectivity index (χ0v) is 15.8. The molecule has 0 saturated heterocycles. The number of carbonyl (C=O) groups excluding carboxylic acids is 2. The summed E-state index contributed by atoms with van der Waals surface area (Å²) in [5.41, 5.74) is 5.41. The minimum Gasteiger partial charge on any atom is -0.348 e. The maximum absolute atomic E-state index is 12.9. The van der Waals surface area contributed by atoms with Gasteiger partial charge in [-0.2, -0.15) is 0 Å². The molecule has 0 unspecified atom stereocenters. The van der Waals surface area contributed by atoms with Crippen LogP contribution in [0.2, 0.25) is 0 Å². The molecule has 4 rings (SSSR count). The zero-order valence-electron chi connectivity index (χ0n) is 15.8. The molecule has 4 heteroatoms. The van der Waals surface area contributed by atoms with E-state index in [9.17, 15) is 9.59 Å². The molecule has 0 spiro atoms. The van der Waals surface area contributed by atoms with Gasteiger partial charge in [-0.25, -0.2) is 0 Å². The molecule has 4 nitrogen and oxygen atoms in total. The van der Waals surface area contributed by atoms with Crippen molar-refractivity contribution < 1.29 is 9.59 Å². The summed E-state index contributed by atoms with van der Waals surface area (Å²) in [6.07, 6.45) is 0.851. The number of hydrogen-bond acceptors (Lipinski definition) is 2. The van der Waals surface area contributed by atoms with Crippen molar-refractivity contribution in [3.8, 4) is 0 Å². The molecule has 0 radical (unpaired) electrons. The van der Waals surface area contributed by atoms with Crippen molar-refractivity contribution in [3.05, 3.63) is 101 Å². The molecule has 3 aromatic carbocycles. The number of rotatable bonds is 4. The Balaban J connectivity index is 1.50. The molecule has 1 heterocycles. The van der Waals surface area contributed by atoms with Gasteiger partial charge in [-0.15, -0.1) is 0 Å². The van der Waals surface area contributed by atoms with Gasteiger partial charge in [0.15, 0.2) is 0 Å². The smallest absolute Gasteiger partial charge is 0.258 e. The molecule has 28 heavy (non-hydrogen) atoms. The van der Waals surface area contributed by atoms with Crippen LogP contribution in [-0.2, 0) is 13.0 Å². The first-order valence-electron chi connectivity index (χ1n) is 9.46. The number of benzene rings is 3. The second-order valence-corrected chi connectivity index (χ2v) is 7.03. The van der Waals surface area contributed by atoms with E-state index in [1.165, 1.54) is 5.56 Å². The molecule has 0 atom stereocenters. The maximum Gasteiger partial charge on any atom is 0.258 e. The van der Waals surface area contributed by atoms with Gasteiger partial charge in [0, 0.05) is 29.9 Å². The Hall–Kier alpha value is -3.40. The first-order valence-corrected chi connectivity index (χ1v) is 9.46. The van der Waals surface area contributed by atoms with Gasteiger partial charge in [0.2, 0.25) is 0 Å². The van der Waals surface area contributed by atoms with E-state index >= 15 is 0 Å². The second kappa shape index (κ2) is 7.69. The van der Waals surface area contributed by atoms with Crippen LogP contribution >= 0.6 is 0 Å². The van der Waals surface area contributed by atoms with Crippen molar-refractivity contribution in [1.29, 1.82) is 0 Å². The number of aryl methyl sites for hydroxylation is 1. The molecule has 3 aromatic rings. The lowest BCUT2D eigenvalue weighted by Gasteiger charge is -2.18. The van der Waals surface area contributed by atoms with Gasteiger partial charge in [-0.1, -0.05) is 48.5 Å². The number of nitrogens with zero attached hydrogens (tertiary/aromatic N) is 1. The fourth-order valence-corrected chi connectivity index (χ4v) is 3.59. The van der Waals surface area contributed by atoms with E-state index < -0.39 is 0 Å². The highest BCUT2D eigenvalue weighted by Gasteiger charge is 2.25. The highest BCUT2D eigenvalue weighted by Crippen LogP contribution is 2.30. The summed E-state index contributed by atoms with van der Waals surface area (Å²) in [6, 6.07) is 23.0. The first-order chi connectivity index (χ1) is 13.6. The summed E-state index contributed by atoms with van der Waals surface area (Å²) < 4.78 is 0. The predicted molar refractivity (Wildman–Crippen MR) is 111 cm³/mol. The number of amides is 2. The zero-order chi connectivity index (χ0) is 19.5. The fraction of sp³-hybridized carbons (Fsp3) is 0.167. The Bertz CT molecular complexity index is 1030. The van der Waals surface area contributed by atoms with Crippen LogP contribution in [0.4, 0.5) is 5.69 Å². The summed E-state index contributed by atoms with van der Waals surface area (Å²) in [5.74, 6) is -0.0729. The van der Waals surface area contributed by atoms with Crippen LogP contribution in [0.15, 0.2) is 72.8 Å². The Labute approximate surface area is 164 Å². The van der Waals surface area contributed by atoms with Crippen molar-refractivity contribution in [3.63, 3.8) is 0 Å². The van der Waals surface area contributed by atoms with E-state index in [1.54, 1.807) is 0 Å². The first kappa shape index (κ1) is 18.0. The Kier molecular flexibility index (Phi) is 4.94. The number of carbonyl (C=O) groups is 2. The van der Waals surface area contributed by atoms with Crippen LogP contribution in [0.5, 0.6) is 0 Å². The lowest BCUT2D eigenvalue weighted by atomic mass is 10.1. The third kappa shape index (κ3) is 3.54. The topological polar surface area (TPSA) is 49.4 Å². The predicted octanol–water partition coefficient (Wildman–Crippen LogP) is 4.13. The maximum atomic E-state index is 12.9. The molecule has 0 fully saturated rings. The van der Waals surface area contributed by atoms with Crippen LogP contribution in [0, 0.1) is 6.92 Å². The Morgan fingerprint density at radius 2 is 1.71 bits per heavy atom. The number of anilines is 1. The molecule has 140 valence electrons. The monoisotopic (exact) mass is 370 g/mol. The van der Waals surface area contributed by atoms with Crippen molar-refractivity contribution >= 4 is 17.5 Å². The fourth-order valence-electron chi connectivity index (χ4n) is 3.59. The molecule has 0 bridgehead atoms. The Morgan fingerprint density at radius 3 is 2.50 bits per heavy atom. The van der Waals surface area contributed by atoms with Crippen LogP contribution < -0.4 is 10.2 Å². The van der Waals surface area contributed by atoms with Gasteiger partial charge in [-0.05, 0) is 54.3 Å². The summed E-state index contributed by atoms with van der Waals surface area (Å²) in [5, 5.41) is 2.98. The highest BCUT2D eigenvalue weighted by molar-refractivity contribution is 6.07. The van der Waals surface area contributed by atoms with E-state index in [0.717, 1.165) is 23.2 Å². The molecule has 1 aliphatic heterocycles. The summed E-state index contributed by atoms with van der Waals surface area (Å²) in [6.45, 7) is 3.03. The molecule has 1 N–H and O–H groups in total. The minimum absolute atomic E-state index is 0.0143. The number of nitrogens with one attached hydrogen (secondary N) is 1. The van der Waals surface area contributed by atoms with Gasteiger partial charge in [0.05, 0.1) is 0 Å². The van der Waals surface area contributed by atoms with Gasteiger partial charge in [-0.3, -0.25) is 9.59 Å². The number of fused-ring (bicyclic) bond motifs is 1. The molecule has 0 saturated carbocycles. The van der Waals surface area contributed by atoms with Gasteiger partial charge in [0.25, 0.3) is 11.8 Å². The van der Waals surface area contributed by atoms with Gasteiger partial charge < -0.3 is 10.2 Å². The molecule has 2 amide bonds. The van der Waals surface area contributed by atoms with Crippen LogP contribution in [-0.4, -0.2) is 18.4 Å². The van der Waals surface area contributed by atoms with E-state index in [1.807, 2.05) is 78.6 Å². The van der Waals surface area contributed by atoms with E-state index in [4.69, 9.17) is 0 Å². The average Bonchev–Trinajstić information content (AvgIpc) is 3.15. The van der Waals surface area contributed by atoms with Crippen molar-refractivity contribution in [2.24, 2.45) is 0 Å². The SMILES string of the molecule is Cc1ccccc1C(=O)NCc1ccc2c(c1)N(C(=O)c1ccccc1)CC2.